The Bertz CT molecular complexity index is 1220. The van der Waals surface area contributed by atoms with E-state index >= 15 is 0 Å². The predicted octanol–water partition coefficient (Wildman–Crippen LogP) is 4.05. The molecule has 1 saturated heterocycles. The first-order chi connectivity index (χ1) is 15.1. The zero-order valence-corrected chi connectivity index (χ0v) is 16.9. The summed E-state index contributed by atoms with van der Waals surface area (Å²) in [5.41, 5.74) is 2.83. The van der Waals surface area contributed by atoms with Crippen LogP contribution in [-0.4, -0.2) is 52.3 Å². The Kier molecular flexibility index (Phi) is 4.62. The number of piperidine rings is 1. The number of hydrogen-bond donors (Lipinski definition) is 2. The van der Waals surface area contributed by atoms with Crippen LogP contribution in [0.15, 0.2) is 42.2 Å². The molecule has 0 unspecified atom stereocenters. The number of fused-ring (bicyclic) bond motifs is 2. The zero-order chi connectivity index (χ0) is 21.5. The summed E-state index contributed by atoms with van der Waals surface area (Å²) < 4.78 is 11.7. The van der Waals surface area contributed by atoms with Crippen LogP contribution in [0.2, 0.25) is 0 Å². The third kappa shape index (κ3) is 3.20. The highest BCUT2D eigenvalue weighted by atomic mass is 16.5. The van der Waals surface area contributed by atoms with Gasteiger partial charge in [-0.15, -0.1) is 0 Å². The lowest BCUT2D eigenvalue weighted by molar-refractivity contribution is 0.101. The first-order valence-corrected chi connectivity index (χ1v) is 10.1. The van der Waals surface area contributed by atoms with Gasteiger partial charge in [0.25, 0.3) is 0 Å². The number of nitrogens with zero attached hydrogens (tertiary/aromatic N) is 2. The molecule has 0 atom stereocenters. The fraction of sp³-hybridized carbons (Fsp3) is 0.261. The largest absolute Gasteiger partial charge is 0.496 e. The van der Waals surface area contributed by atoms with E-state index in [1.54, 1.807) is 25.3 Å². The number of para-hydroxylation sites is 1. The Morgan fingerprint density at radius 1 is 1.26 bits per heavy atom. The number of H-pyrrole nitrogens is 1. The number of benzene rings is 2. The molecule has 1 aromatic heterocycles. The van der Waals surface area contributed by atoms with Crippen LogP contribution in [0.25, 0.3) is 17.0 Å². The van der Waals surface area contributed by atoms with Crippen LogP contribution in [-0.2, 0) is 0 Å². The van der Waals surface area contributed by atoms with E-state index in [1.165, 1.54) is 4.90 Å². The van der Waals surface area contributed by atoms with E-state index in [0.717, 1.165) is 16.5 Å². The Labute approximate surface area is 178 Å². The van der Waals surface area contributed by atoms with Crippen molar-refractivity contribution in [1.29, 1.82) is 0 Å². The van der Waals surface area contributed by atoms with Crippen molar-refractivity contribution in [3.63, 3.8) is 0 Å². The second-order valence-electron chi connectivity index (χ2n) is 7.70. The van der Waals surface area contributed by atoms with Crippen molar-refractivity contribution in [2.24, 2.45) is 0 Å². The molecule has 5 rings (SSSR count). The minimum absolute atomic E-state index is 0.0406. The SMILES string of the molecule is COc1ccc2c(c1C1CCN(C(=O)O)CC1)OC(=Cc1n[nH]c3ccccc13)C2=O. The molecule has 8 heteroatoms. The number of allylic oxidation sites excluding steroid dienone is 1. The number of carboxylic acid groups (broad SMARTS) is 1. The molecular weight excluding hydrogens is 398 g/mol. The third-order valence-electron chi connectivity index (χ3n) is 6.00. The van der Waals surface area contributed by atoms with Gasteiger partial charge in [0.05, 0.1) is 23.9 Å². The van der Waals surface area contributed by atoms with E-state index in [0.29, 0.717) is 48.7 Å². The molecule has 0 bridgehead atoms. The number of ether oxygens (including phenoxy) is 2. The molecule has 0 saturated carbocycles. The number of aromatic amines is 1. The van der Waals surface area contributed by atoms with Crippen LogP contribution in [0.1, 0.15) is 40.4 Å². The molecular formula is C23H21N3O5. The quantitative estimate of drug-likeness (QED) is 0.621. The fourth-order valence-corrected chi connectivity index (χ4v) is 4.40. The second-order valence-corrected chi connectivity index (χ2v) is 7.70. The van der Waals surface area contributed by atoms with Gasteiger partial charge in [-0.1, -0.05) is 18.2 Å². The summed E-state index contributed by atoms with van der Waals surface area (Å²) in [6.07, 6.45) is 2.02. The number of methoxy groups -OCH3 is 1. The highest BCUT2D eigenvalue weighted by molar-refractivity contribution is 6.15. The first kappa shape index (κ1) is 19.2. The predicted molar refractivity (Wildman–Crippen MR) is 114 cm³/mol. The van der Waals surface area contributed by atoms with E-state index in [9.17, 15) is 14.7 Å². The molecule has 2 aliphatic rings. The molecule has 2 aromatic carbocycles. The fourth-order valence-electron chi connectivity index (χ4n) is 4.40. The highest BCUT2D eigenvalue weighted by Gasteiger charge is 2.36. The van der Waals surface area contributed by atoms with Crippen molar-refractivity contribution >= 4 is 28.9 Å². The lowest BCUT2D eigenvalue weighted by atomic mass is 9.87. The maximum absolute atomic E-state index is 13.1. The standard InChI is InChI=1S/C23H21N3O5/c1-30-18-7-6-15-21(27)19(12-17-14-4-2-3-5-16(14)24-25-17)31-22(15)20(18)13-8-10-26(11-9-13)23(28)29/h2-7,12-13H,8-11H2,1H3,(H,24,25)(H,28,29). The number of carbonyl (C=O) groups is 2. The molecule has 0 radical (unpaired) electrons. The summed E-state index contributed by atoms with van der Waals surface area (Å²) in [6, 6.07) is 11.2. The summed E-state index contributed by atoms with van der Waals surface area (Å²) in [7, 11) is 1.58. The van der Waals surface area contributed by atoms with Gasteiger partial charge in [-0.05, 0) is 37.0 Å². The molecule has 0 aliphatic carbocycles. The summed E-state index contributed by atoms with van der Waals surface area (Å²) in [6.45, 7) is 0.867. The Morgan fingerprint density at radius 2 is 2.03 bits per heavy atom. The maximum Gasteiger partial charge on any atom is 0.407 e. The number of Topliss-reactive ketones (excluding diaryl/α,β-unsaturated/α-hetero) is 1. The van der Waals surface area contributed by atoms with Crippen LogP contribution in [0.5, 0.6) is 11.5 Å². The average Bonchev–Trinajstić information content (AvgIpc) is 3.34. The van der Waals surface area contributed by atoms with Crippen LogP contribution < -0.4 is 9.47 Å². The highest BCUT2D eigenvalue weighted by Crippen LogP contribution is 2.46. The van der Waals surface area contributed by atoms with Gasteiger partial charge in [-0.25, -0.2) is 4.79 Å². The average molecular weight is 419 g/mol. The molecule has 3 heterocycles. The van der Waals surface area contributed by atoms with Gasteiger partial charge in [0.2, 0.25) is 5.78 Å². The van der Waals surface area contributed by atoms with Crippen LogP contribution in [0, 0.1) is 0 Å². The van der Waals surface area contributed by atoms with E-state index in [4.69, 9.17) is 9.47 Å². The van der Waals surface area contributed by atoms with E-state index in [1.807, 2.05) is 24.3 Å². The zero-order valence-electron chi connectivity index (χ0n) is 16.9. The normalized spacial score (nSPS) is 17.8. The first-order valence-electron chi connectivity index (χ1n) is 10.1. The van der Waals surface area contributed by atoms with Gasteiger partial charge in [0.15, 0.2) is 5.76 Å². The molecule has 8 nitrogen and oxygen atoms in total. The molecule has 3 aromatic rings. The summed E-state index contributed by atoms with van der Waals surface area (Å²) in [5.74, 6) is 1.20. The number of hydrogen-bond acceptors (Lipinski definition) is 5. The van der Waals surface area contributed by atoms with Crippen LogP contribution in [0.4, 0.5) is 4.79 Å². The van der Waals surface area contributed by atoms with E-state index in [2.05, 4.69) is 10.2 Å². The number of aromatic nitrogens is 2. The van der Waals surface area contributed by atoms with Gasteiger partial charge < -0.3 is 19.5 Å². The number of nitrogens with one attached hydrogen (secondary N) is 1. The smallest absolute Gasteiger partial charge is 0.407 e. The monoisotopic (exact) mass is 419 g/mol. The van der Waals surface area contributed by atoms with Gasteiger partial charge in [0.1, 0.15) is 11.5 Å². The van der Waals surface area contributed by atoms with Crippen molar-refractivity contribution in [2.75, 3.05) is 20.2 Å². The van der Waals surface area contributed by atoms with Crippen LogP contribution >= 0.6 is 0 Å². The number of ketones is 1. The third-order valence-corrected chi connectivity index (χ3v) is 6.00. The van der Waals surface area contributed by atoms with Crippen molar-refractivity contribution in [2.45, 2.75) is 18.8 Å². The number of likely N-dealkylation sites (tertiary alicyclic amines) is 1. The molecule has 1 amide bonds. The molecule has 31 heavy (non-hydrogen) atoms. The van der Waals surface area contributed by atoms with Gasteiger partial charge in [-0.3, -0.25) is 9.89 Å². The van der Waals surface area contributed by atoms with Crippen molar-refractivity contribution in [3.8, 4) is 11.5 Å². The Balaban J connectivity index is 1.51. The van der Waals surface area contributed by atoms with Gasteiger partial charge >= 0.3 is 6.09 Å². The van der Waals surface area contributed by atoms with Crippen LogP contribution in [0.3, 0.4) is 0 Å². The number of rotatable bonds is 3. The number of amides is 1. The minimum Gasteiger partial charge on any atom is -0.496 e. The van der Waals surface area contributed by atoms with Gasteiger partial charge in [0, 0.05) is 30.1 Å². The molecule has 158 valence electrons. The summed E-state index contributed by atoms with van der Waals surface area (Å²) >= 11 is 0. The topological polar surface area (TPSA) is 105 Å². The van der Waals surface area contributed by atoms with E-state index < -0.39 is 6.09 Å². The molecule has 2 aliphatic heterocycles. The summed E-state index contributed by atoms with van der Waals surface area (Å²) in [4.78, 5) is 25.7. The second kappa shape index (κ2) is 7.46. The Morgan fingerprint density at radius 3 is 2.77 bits per heavy atom. The van der Waals surface area contributed by atoms with Gasteiger partial charge in [-0.2, -0.15) is 5.10 Å². The van der Waals surface area contributed by atoms with E-state index in [-0.39, 0.29) is 17.5 Å². The number of carbonyl (C=O) groups excluding carboxylic acids is 1. The van der Waals surface area contributed by atoms with Crippen molar-refractivity contribution < 1.29 is 24.2 Å². The molecule has 1 fully saturated rings. The molecule has 0 spiro atoms. The maximum atomic E-state index is 13.1. The Hall–Kier alpha value is -3.81. The molecule has 2 N–H and O–H groups in total. The lowest BCUT2D eigenvalue weighted by Crippen LogP contribution is -2.36. The minimum atomic E-state index is -0.911. The van der Waals surface area contributed by atoms with Crippen molar-refractivity contribution in [1.82, 2.24) is 15.1 Å². The lowest BCUT2D eigenvalue weighted by Gasteiger charge is -2.31. The van der Waals surface area contributed by atoms with Crippen molar-refractivity contribution in [3.05, 3.63) is 59.0 Å². The summed E-state index contributed by atoms with van der Waals surface area (Å²) in [5, 5.41) is 17.4.